The van der Waals surface area contributed by atoms with Gasteiger partial charge in [0.05, 0.1) is 0 Å². The number of carbonyl (C=O) groups excluding carboxylic acids is 1. The second-order valence-electron chi connectivity index (χ2n) is 7.14. The van der Waals surface area contributed by atoms with Crippen molar-refractivity contribution in [2.24, 2.45) is 0 Å². The van der Waals surface area contributed by atoms with E-state index in [1.165, 1.54) is 11.6 Å². The van der Waals surface area contributed by atoms with Crippen molar-refractivity contribution in [1.29, 1.82) is 0 Å². The van der Waals surface area contributed by atoms with E-state index in [-0.39, 0.29) is 17.1 Å². The maximum Gasteiger partial charge on any atom is 0.244 e. The van der Waals surface area contributed by atoms with Crippen LogP contribution in [0.1, 0.15) is 37.5 Å². The molecule has 0 bridgehead atoms. The van der Waals surface area contributed by atoms with Crippen molar-refractivity contribution in [3.05, 3.63) is 77.1 Å². The fourth-order valence-electron chi connectivity index (χ4n) is 2.37. The van der Waals surface area contributed by atoms with Crippen molar-refractivity contribution in [3.63, 3.8) is 0 Å². The van der Waals surface area contributed by atoms with E-state index in [1.807, 2.05) is 24.3 Å². The lowest BCUT2D eigenvalue weighted by atomic mass is 9.87. The average Bonchev–Trinajstić information content (AvgIpc) is 2.61. The van der Waals surface area contributed by atoms with Gasteiger partial charge in [0.25, 0.3) is 0 Å². The molecule has 0 saturated heterocycles. The number of carbonyl (C=O) groups is 1. The molecule has 2 aromatic rings. The zero-order chi connectivity index (χ0) is 19.0. The molecule has 4 heteroatoms. The molecule has 1 N–H and O–H groups in total. The Labute approximate surface area is 159 Å². The molecule has 138 valence electrons. The van der Waals surface area contributed by atoms with E-state index in [1.54, 1.807) is 30.0 Å². The largest absolute Gasteiger partial charge is 0.352 e. The van der Waals surface area contributed by atoms with Gasteiger partial charge in [0.2, 0.25) is 5.91 Å². The van der Waals surface area contributed by atoms with Gasteiger partial charge in [0.1, 0.15) is 5.82 Å². The van der Waals surface area contributed by atoms with Crippen LogP contribution in [0.5, 0.6) is 0 Å². The van der Waals surface area contributed by atoms with Crippen molar-refractivity contribution in [2.75, 3.05) is 12.3 Å². The molecular formula is C22H26FNOS. The molecule has 0 spiro atoms. The Kier molecular flexibility index (Phi) is 7.46. The Morgan fingerprint density at radius 2 is 1.81 bits per heavy atom. The van der Waals surface area contributed by atoms with Crippen molar-refractivity contribution >= 4 is 23.7 Å². The van der Waals surface area contributed by atoms with Crippen LogP contribution in [0, 0.1) is 5.82 Å². The van der Waals surface area contributed by atoms with Crippen LogP contribution in [0.15, 0.2) is 54.6 Å². The number of thioether (sulfide) groups is 1. The quantitative estimate of drug-likeness (QED) is 0.536. The summed E-state index contributed by atoms with van der Waals surface area (Å²) in [5.41, 5.74) is 3.09. The minimum atomic E-state index is -0.176. The van der Waals surface area contributed by atoms with Crippen molar-refractivity contribution in [2.45, 2.75) is 31.9 Å². The number of nitrogens with one attached hydrogen (secondary N) is 1. The summed E-state index contributed by atoms with van der Waals surface area (Å²) < 4.78 is 13.5. The molecule has 2 nitrogen and oxygen atoms in total. The summed E-state index contributed by atoms with van der Waals surface area (Å²) in [5, 5.41) is 2.85. The number of halogens is 1. The van der Waals surface area contributed by atoms with Gasteiger partial charge in [-0.25, -0.2) is 4.39 Å². The van der Waals surface area contributed by atoms with Gasteiger partial charge in [-0.1, -0.05) is 63.2 Å². The molecule has 0 aliphatic carbocycles. The average molecular weight is 372 g/mol. The van der Waals surface area contributed by atoms with Gasteiger partial charge in [-0.3, -0.25) is 4.79 Å². The summed E-state index contributed by atoms with van der Waals surface area (Å²) in [6, 6.07) is 15.0. The minimum absolute atomic E-state index is 0.114. The molecule has 0 radical (unpaired) electrons. The lowest BCUT2D eigenvalue weighted by molar-refractivity contribution is -0.116. The van der Waals surface area contributed by atoms with E-state index in [0.717, 1.165) is 11.3 Å². The van der Waals surface area contributed by atoms with Crippen molar-refractivity contribution in [3.8, 4) is 0 Å². The van der Waals surface area contributed by atoms with Crippen LogP contribution in [0.2, 0.25) is 0 Å². The van der Waals surface area contributed by atoms with Gasteiger partial charge in [0.15, 0.2) is 0 Å². The summed E-state index contributed by atoms with van der Waals surface area (Å²) in [7, 11) is 0. The second-order valence-corrected chi connectivity index (χ2v) is 8.25. The molecule has 0 atom stereocenters. The number of hydrogen-bond acceptors (Lipinski definition) is 2. The van der Waals surface area contributed by atoms with Crippen LogP contribution >= 0.6 is 11.8 Å². The minimum Gasteiger partial charge on any atom is -0.352 e. The summed E-state index contributed by atoms with van der Waals surface area (Å²) in [6.07, 6.45) is 3.36. The van der Waals surface area contributed by atoms with Gasteiger partial charge < -0.3 is 5.32 Å². The van der Waals surface area contributed by atoms with E-state index in [2.05, 4.69) is 38.2 Å². The lowest BCUT2D eigenvalue weighted by Gasteiger charge is -2.18. The molecule has 0 aliphatic heterocycles. The standard InChI is InChI=1S/C22H26FNOS/c1-22(2,3)19-11-8-17(9-12-19)10-13-21(25)24-14-15-26-16-18-6-4-5-7-20(18)23/h4-13H,14-16H2,1-3H3,(H,24,25)/b13-10+. The van der Waals surface area contributed by atoms with E-state index in [9.17, 15) is 9.18 Å². The van der Waals surface area contributed by atoms with E-state index < -0.39 is 0 Å². The summed E-state index contributed by atoms with van der Waals surface area (Å²) in [6.45, 7) is 7.09. The highest BCUT2D eigenvalue weighted by molar-refractivity contribution is 7.98. The third-order valence-corrected chi connectivity index (χ3v) is 4.97. The Bertz CT molecular complexity index is 747. The van der Waals surface area contributed by atoms with Crippen molar-refractivity contribution in [1.82, 2.24) is 5.32 Å². The Hall–Kier alpha value is -2.07. The van der Waals surface area contributed by atoms with Crippen molar-refractivity contribution < 1.29 is 9.18 Å². The van der Waals surface area contributed by atoms with Crippen LogP contribution in [0.4, 0.5) is 4.39 Å². The third kappa shape index (κ3) is 6.68. The third-order valence-electron chi connectivity index (χ3n) is 3.96. The molecule has 0 unspecified atom stereocenters. The number of benzene rings is 2. The van der Waals surface area contributed by atoms with Crippen LogP contribution in [-0.2, 0) is 16.0 Å². The van der Waals surface area contributed by atoms with Crippen LogP contribution in [0.25, 0.3) is 6.08 Å². The van der Waals surface area contributed by atoms with Gasteiger partial charge in [-0.05, 0) is 34.2 Å². The molecule has 0 aliphatic rings. The van der Waals surface area contributed by atoms with E-state index in [4.69, 9.17) is 0 Å². The molecule has 26 heavy (non-hydrogen) atoms. The smallest absolute Gasteiger partial charge is 0.244 e. The number of amides is 1. The Balaban J connectivity index is 1.70. The molecule has 0 fully saturated rings. The van der Waals surface area contributed by atoms with E-state index in [0.29, 0.717) is 17.9 Å². The fourth-order valence-corrected chi connectivity index (χ4v) is 3.21. The maximum atomic E-state index is 13.5. The summed E-state index contributed by atoms with van der Waals surface area (Å²) in [5.74, 6) is 1.06. The predicted molar refractivity (Wildman–Crippen MR) is 110 cm³/mol. The zero-order valence-corrected chi connectivity index (χ0v) is 16.4. The first-order chi connectivity index (χ1) is 12.4. The molecule has 2 rings (SSSR count). The summed E-state index contributed by atoms with van der Waals surface area (Å²) in [4.78, 5) is 11.9. The maximum absolute atomic E-state index is 13.5. The Morgan fingerprint density at radius 1 is 1.12 bits per heavy atom. The van der Waals surface area contributed by atoms with E-state index >= 15 is 0 Å². The van der Waals surface area contributed by atoms with Crippen LogP contribution in [0.3, 0.4) is 0 Å². The number of rotatable bonds is 7. The first-order valence-corrected chi connectivity index (χ1v) is 9.89. The van der Waals surface area contributed by atoms with Crippen LogP contribution < -0.4 is 5.32 Å². The predicted octanol–water partition coefficient (Wildman–Crippen LogP) is 5.19. The fraction of sp³-hybridized carbons (Fsp3) is 0.318. The molecule has 0 saturated carbocycles. The van der Waals surface area contributed by atoms with Gasteiger partial charge >= 0.3 is 0 Å². The molecule has 1 amide bonds. The topological polar surface area (TPSA) is 29.1 Å². The highest BCUT2D eigenvalue weighted by atomic mass is 32.2. The van der Waals surface area contributed by atoms with Gasteiger partial charge in [-0.2, -0.15) is 11.8 Å². The van der Waals surface area contributed by atoms with Crippen LogP contribution in [-0.4, -0.2) is 18.2 Å². The first kappa shape index (κ1) is 20.2. The normalized spacial score (nSPS) is 11.7. The molecule has 0 heterocycles. The molecular weight excluding hydrogens is 345 g/mol. The zero-order valence-electron chi connectivity index (χ0n) is 15.6. The number of hydrogen-bond donors (Lipinski definition) is 1. The SMILES string of the molecule is CC(C)(C)c1ccc(/C=C/C(=O)NCCSCc2ccccc2F)cc1. The lowest BCUT2D eigenvalue weighted by Crippen LogP contribution is -2.23. The Morgan fingerprint density at radius 3 is 2.46 bits per heavy atom. The summed E-state index contributed by atoms with van der Waals surface area (Å²) >= 11 is 1.60. The second kappa shape index (κ2) is 9.58. The molecule has 0 aromatic heterocycles. The first-order valence-electron chi connectivity index (χ1n) is 8.74. The molecule has 2 aromatic carbocycles. The van der Waals surface area contributed by atoms with Gasteiger partial charge in [-0.15, -0.1) is 0 Å². The highest BCUT2D eigenvalue weighted by Crippen LogP contribution is 2.22. The van der Waals surface area contributed by atoms with Gasteiger partial charge in [0, 0.05) is 24.1 Å². The monoisotopic (exact) mass is 371 g/mol. The highest BCUT2D eigenvalue weighted by Gasteiger charge is 2.12.